The summed E-state index contributed by atoms with van der Waals surface area (Å²) in [5.41, 5.74) is -1.70. The summed E-state index contributed by atoms with van der Waals surface area (Å²) in [6, 6.07) is 15.4. The van der Waals surface area contributed by atoms with Crippen molar-refractivity contribution in [2.75, 3.05) is 7.11 Å². The smallest absolute Gasteiger partial charge is 0.416 e. The van der Waals surface area contributed by atoms with Crippen LogP contribution < -0.4 is 21.3 Å². The van der Waals surface area contributed by atoms with Crippen LogP contribution >= 0.6 is 0 Å². The molecule has 4 rings (SSSR count). The van der Waals surface area contributed by atoms with E-state index in [2.05, 4.69) is 5.32 Å². The summed E-state index contributed by atoms with van der Waals surface area (Å²) in [5, 5.41) is 2.60. The molecule has 0 aliphatic heterocycles. The van der Waals surface area contributed by atoms with Gasteiger partial charge in [-0.25, -0.2) is 9.18 Å². The summed E-state index contributed by atoms with van der Waals surface area (Å²) >= 11 is 0. The highest BCUT2D eigenvalue weighted by molar-refractivity contribution is 5.66. The summed E-state index contributed by atoms with van der Waals surface area (Å²) in [6.07, 6.45) is -4.47. The summed E-state index contributed by atoms with van der Waals surface area (Å²) in [7, 11) is 1.42. The van der Waals surface area contributed by atoms with Crippen LogP contribution in [0.15, 0.2) is 76.3 Å². The monoisotopic (exact) mass is 597 g/mol. The molecule has 1 heterocycles. The lowest BCUT2D eigenvalue weighted by molar-refractivity contribution is -0.138. The van der Waals surface area contributed by atoms with Crippen LogP contribution in [0.2, 0.25) is 0 Å². The lowest BCUT2D eigenvalue weighted by Crippen LogP contribution is -2.45. The van der Waals surface area contributed by atoms with Crippen molar-refractivity contribution >= 4 is 6.41 Å². The van der Waals surface area contributed by atoms with Gasteiger partial charge in [0.05, 0.1) is 37.4 Å². The number of alkyl halides is 3. The first-order valence-electron chi connectivity index (χ1n) is 13.5. The van der Waals surface area contributed by atoms with E-state index in [0.29, 0.717) is 23.3 Å². The van der Waals surface area contributed by atoms with Crippen LogP contribution in [0.4, 0.5) is 17.6 Å². The standard InChI is InChI=1S/C32H31F4N3O4/c1-19(2)21-9-7-10-22(15-21)29-20(3)38(16-24-25(32(34,35)36)12-8-13-26(24)33)31(42)39(30(29)41)17-27(37-18-40)23-11-5-6-14-28(23)43-4/h5-15,18-19,27H,16-17H2,1-4H3,(H,37,40). The van der Waals surface area contributed by atoms with E-state index in [9.17, 15) is 31.9 Å². The normalized spacial score (nSPS) is 12.3. The summed E-state index contributed by atoms with van der Waals surface area (Å²) in [6.45, 7) is 4.21. The molecular formula is C32H31F4N3O4. The van der Waals surface area contributed by atoms with Gasteiger partial charge in [0.25, 0.3) is 5.56 Å². The molecule has 0 saturated carbocycles. The van der Waals surface area contributed by atoms with Crippen LogP contribution in [0.3, 0.4) is 0 Å². The molecule has 0 bridgehead atoms. The number of carbonyl (C=O) groups excluding carboxylic acids is 1. The zero-order valence-electron chi connectivity index (χ0n) is 24.0. The Hall–Kier alpha value is -4.67. The van der Waals surface area contributed by atoms with Gasteiger partial charge in [-0.2, -0.15) is 13.2 Å². The first-order chi connectivity index (χ1) is 20.4. The first-order valence-corrected chi connectivity index (χ1v) is 13.5. The Labute approximate surface area is 245 Å². The van der Waals surface area contributed by atoms with Crippen LogP contribution in [0.25, 0.3) is 11.1 Å². The van der Waals surface area contributed by atoms with E-state index in [4.69, 9.17) is 4.74 Å². The second-order valence-corrected chi connectivity index (χ2v) is 10.4. The minimum absolute atomic E-state index is 0.0666. The maximum atomic E-state index is 14.9. The highest BCUT2D eigenvalue weighted by Crippen LogP contribution is 2.34. The third-order valence-corrected chi connectivity index (χ3v) is 7.42. The molecule has 1 atom stereocenters. The van der Waals surface area contributed by atoms with Crippen molar-refractivity contribution in [2.45, 2.75) is 52.0 Å². The van der Waals surface area contributed by atoms with Gasteiger partial charge < -0.3 is 10.1 Å². The number of hydrogen-bond donors (Lipinski definition) is 1. The van der Waals surface area contributed by atoms with Crippen molar-refractivity contribution in [3.05, 3.63) is 121 Å². The number of nitrogens with one attached hydrogen (secondary N) is 1. The van der Waals surface area contributed by atoms with Gasteiger partial charge in [0, 0.05) is 16.8 Å². The van der Waals surface area contributed by atoms with E-state index < -0.39 is 47.0 Å². The van der Waals surface area contributed by atoms with Crippen molar-refractivity contribution in [3.63, 3.8) is 0 Å². The molecular weight excluding hydrogens is 566 g/mol. The van der Waals surface area contributed by atoms with E-state index in [-0.39, 0.29) is 23.7 Å². The predicted octanol–water partition coefficient (Wildman–Crippen LogP) is 5.81. The number of hydrogen-bond acceptors (Lipinski definition) is 4. The quantitative estimate of drug-likeness (QED) is 0.185. The van der Waals surface area contributed by atoms with Gasteiger partial charge in [-0.3, -0.25) is 18.7 Å². The molecule has 0 radical (unpaired) electrons. The molecule has 0 fully saturated rings. The van der Waals surface area contributed by atoms with Gasteiger partial charge in [0.1, 0.15) is 11.6 Å². The molecule has 0 aliphatic rings. The van der Waals surface area contributed by atoms with Gasteiger partial charge in [-0.15, -0.1) is 0 Å². The molecule has 1 N–H and O–H groups in total. The third kappa shape index (κ3) is 6.40. The van der Waals surface area contributed by atoms with Gasteiger partial charge in [-0.05, 0) is 42.2 Å². The Balaban J connectivity index is 2.01. The largest absolute Gasteiger partial charge is 0.496 e. The Morgan fingerprint density at radius 2 is 1.67 bits per heavy atom. The molecule has 4 aromatic rings. The number of benzene rings is 3. The Morgan fingerprint density at radius 3 is 2.33 bits per heavy atom. The topological polar surface area (TPSA) is 82.3 Å². The number of nitrogens with zero attached hydrogens (tertiary/aromatic N) is 2. The van der Waals surface area contributed by atoms with Gasteiger partial charge in [0.15, 0.2) is 0 Å². The molecule has 11 heteroatoms. The second kappa shape index (κ2) is 12.7. The highest BCUT2D eigenvalue weighted by atomic mass is 19.4. The molecule has 0 spiro atoms. The van der Waals surface area contributed by atoms with Crippen molar-refractivity contribution in [1.82, 2.24) is 14.5 Å². The van der Waals surface area contributed by atoms with Gasteiger partial charge in [-0.1, -0.05) is 62.4 Å². The van der Waals surface area contributed by atoms with Crippen LogP contribution in [0.1, 0.15) is 53.8 Å². The number of amides is 1. The number of halogens is 4. The molecule has 43 heavy (non-hydrogen) atoms. The Morgan fingerprint density at radius 1 is 0.977 bits per heavy atom. The molecule has 1 aromatic heterocycles. The van der Waals surface area contributed by atoms with E-state index >= 15 is 0 Å². The fraction of sp³-hybridized carbons (Fsp3) is 0.281. The van der Waals surface area contributed by atoms with E-state index in [1.54, 1.807) is 42.5 Å². The zero-order valence-corrected chi connectivity index (χ0v) is 24.0. The molecule has 0 aliphatic carbocycles. The maximum absolute atomic E-state index is 14.9. The van der Waals surface area contributed by atoms with Crippen molar-refractivity contribution in [2.24, 2.45) is 0 Å². The summed E-state index contributed by atoms with van der Waals surface area (Å²) in [4.78, 5) is 39.6. The number of aromatic nitrogens is 2. The van der Waals surface area contributed by atoms with E-state index in [0.717, 1.165) is 32.9 Å². The third-order valence-electron chi connectivity index (χ3n) is 7.42. The lowest BCUT2D eigenvalue weighted by atomic mass is 9.97. The minimum atomic E-state index is -4.89. The predicted molar refractivity (Wildman–Crippen MR) is 155 cm³/mol. The number of ether oxygens (including phenoxy) is 1. The van der Waals surface area contributed by atoms with Gasteiger partial charge in [0.2, 0.25) is 6.41 Å². The van der Waals surface area contributed by atoms with Crippen LogP contribution in [-0.4, -0.2) is 22.7 Å². The highest BCUT2D eigenvalue weighted by Gasteiger charge is 2.35. The Bertz CT molecular complexity index is 1760. The summed E-state index contributed by atoms with van der Waals surface area (Å²) in [5.74, 6) is -0.669. The van der Waals surface area contributed by atoms with E-state index in [1.807, 2.05) is 19.9 Å². The number of para-hydroxylation sites is 1. The van der Waals surface area contributed by atoms with Crippen molar-refractivity contribution in [1.29, 1.82) is 0 Å². The van der Waals surface area contributed by atoms with Crippen LogP contribution in [0, 0.1) is 12.7 Å². The van der Waals surface area contributed by atoms with Crippen molar-refractivity contribution in [3.8, 4) is 16.9 Å². The molecule has 1 unspecified atom stereocenters. The number of carbonyl (C=O) groups is 1. The maximum Gasteiger partial charge on any atom is 0.416 e. The van der Waals surface area contributed by atoms with Crippen molar-refractivity contribution < 1.29 is 27.1 Å². The first kappa shape index (κ1) is 31.3. The van der Waals surface area contributed by atoms with E-state index in [1.165, 1.54) is 14.0 Å². The zero-order chi connectivity index (χ0) is 31.5. The fourth-order valence-electron chi connectivity index (χ4n) is 5.14. The SMILES string of the molecule is COc1ccccc1C(Cn1c(=O)c(-c2cccc(C(C)C)c2)c(C)n(Cc2c(F)cccc2C(F)(F)F)c1=O)NC=O. The Kier molecular flexibility index (Phi) is 9.22. The molecule has 7 nitrogen and oxygen atoms in total. The fourth-order valence-corrected chi connectivity index (χ4v) is 5.14. The molecule has 226 valence electrons. The molecule has 1 amide bonds. The average Bonchev–Trinajstić information content (AvgIpc) is 2.97. The van der Waals surface area contributed by atoms with Crippen LogP contribution in [0.5, 0.6) is 5.75 Å². The van der Waals surface area contributed by atoms with Crippen LogP contribution in [-0.2, 0) is 24.1 Å². The summed E-state index contributed by atoms with van der Waals surface area (Å²) < 4.78 is 63.8. The number of methoxy groups -OCH3 is 1. The van der Waals surface area contributed by atoms with Gasteiger partial charge >= 0.3 is 11.9 Å². The molecule has 0 saturated heterocycles. The lowest BCUT2D eigenvalue weighted by Gasteiger charge is -2.23. The number of rotatable bonds is 10. The average molecular weight is 598 g/mol. The second-order valence-electron chi connectivity index (χ2n) is 10.4. The minimum Gasteiger partial charge on any atom is -0.496 e. The molecule has 3 aromatic carbocycles.